The number of amides is 1. The van der Waals surface area contributed by atoms with Gasteiger partial charge in [0.15, 0.2) is 0 Å². The third-order valence-electron chi connectivity index (χ3n) is 5.56. The van der Waals surface area contributed by atoms with Crippen LogP contribution in [0.5, 0.6) is 5.75 Å². The number of hydrogen-bond acceptors (Lipinski definition) is 5. The van der Waals surface area contributed by atoms with Crippen LogP contribution in [0.3, 0.4) is 0 Å². The maximum atomic E-state index is 13.1. The van der Waals surface area contributed by atoms with Gasteiger partial charge in [-0.3, -0.25) is 9.52 Å². The first kappa shape index (κ1) is 25.3. The minimum atomic E-state index is -3.97. The highest BCUT2D eigenvalue weighted by molar-refractivity contribution is 7.92. The lowest BCUT2D eigenvalue weighted by molar-refractivity contribution is 0.0941. The number of rotatable bonds is 10. The number of benzene rings is 3. The van der Waals surface area contributed by atoms with Crippen molar-refractivity contribution in [3.05, 3.63) is 89.5 Å². The summed E-state index contributed by atoms with van der Waals surface area (Å²) in [6.45, 7) is 2.33. The summed E-state index contributed by atoms with van der Waals surface area (Å²) in [5, 5.41) is 2.94. The summed E-state index contributed by atoms with van der Waals surface area (Å²) < 4.78 is 34.0. The van der Waals surface area contributed by atoms with Gasteiger partial charge >= 0.3 is 0 Å². The summed E-state index contributed by atoms with van der Waals surface area (Å²) in [6, 6.07) is 21.5. The van der Waals surface area contributed by atoms with E-state index in [-0.39, 0.29) is 28.2 Å². The number of nitrogens with one attached hydrogen (secondary N) is 2. The normalized spacial score (nSPS) is 12.3. The highest BCUT2D eigenvalue weighted by Gasteiger charge is 2.22. The van der Waals surface area contributed by atoms with E-state index < -0.39 is 10.0 Å². The van der Waals surface area contributed by atoms with Gasteiger partial charge in [0.1, 0.15) is 10.6 Å². The quantitative estimate of drug-likeness (QED) is 0.461. The number of carbonyl (C=O) groups excluding carboxylic acids is 1. The standard InChI is InChI=1S/C26H31N3O4S/c1-19-10-13-22(14-11-19)28-34(31,32)25-17-21(12-15-24(25)33-4)26(30)27-18-23(29(2)3)16-20-8-6-5-7-9-20/h5-15,17,23,28H,16,18H2,1-4H3,(H,27,30)/t23-/m1/s1. The smallest absolute Gasteiger partial charge is 0.265 e. The third kappa shape index (κ3) is 6.59. The van der Waals surface area contributed by atoms with E-state index in [9.17, 15) is 13.2 Å². The second-order valence-electron chi connectivity index (χ2n) is 8.35. The zero-order valence-electron chi connectivity index (χ0n) is 19.9. The molecule has 0 aliphatic rings. The number of sulfonamides is 1. The monoisotopic (exact) mass is 481 g/mol. The van der Waals surface area contributed by atoms with Gasteiger partial charge in [0, 0.05) is 23.8 Å². The van der Waals surface area contributed by atoms with Crippen LogP contribution in [0.2, 0.25) is 0 Å². The Hall–Kier alpha value is -3.36. The highest BCUT2D eigenvalue weighted by Crippen LogP contribution is 2.27. The average molecular weight is 482 g/mol. The second kappa shape index (κ2) is 11.2. The molecule has 180 valence electrons. The van der Waals surface area contributed by atoms with E-state index in [1.165, 1.54) is 24.8 Å². The van der Waals surface area contributed by atoms with Crippen LogP contribution in [0.4, 0.5) is 5.69 Å². The first-order chi connectivity index (χ1) is 16.2. The Bertz CT molecular complexity index is 1210. The van der Waals surface area contributed by atoms with Gasteiger partial charge in [0.25, 0.3) is 15.9 Å². The summed E-state index contributed by atoms with van der Waals surface area (Å²) in [7, 11) is 1.35. The van der Waals surface area contributed by atoms with Crippen LogP contribution in [-0.2, 0) is 16.4 Å². The number of carbonyl (C=O) groups is 1. The Morgan fingerprint density at radius 1 is 1.00 bits per heavy atom. The minimum absolute atomic E-state index is 0.0796. The predicted octanol–water partition coefficient (Wildman–Crippen LogP) is 3.71. The highest BCUT2D eigenvalue weighted by atomic mass is 32.2. The van der Waals surface area contributed by atoms with Gasteiger partial charge in [0.05, 0.1) is 7.11 Å². The third-order valence-corrected chi connectivity index (χ3v) is 6.96. The zero-order chi connectivity index (χ0) is 24.7. The Morgan fingerprint density at radius 2 is 1.68 bits per heavy atom. The van der Waals surface area contributed by atoms with Gasteiger partial charge in [-0.15, -0.1) is 0 Å². The van der Waals surface area contributed by atoms with Gasteiger partial charge in [-0.25, -0.2) is 8.42 Å². The van der Waals surface area contributed by atoms with E-state index in [0.717, 1.165) is 12.0 Å². The van der Waals surface area contributed by atoms with Crippen LogP contribution in [0.15, 0.2) is 77.7 Å². The van der Waals surface area contributed by atoms with Crippen molar-refractivity contribution in [1.29, 1.82) is 0 Å². The number of hydrogen-bond donors (Lipinski definition) is 2. The van der Waals surface area contributed by atoms with Crippen LogP contribution in [-0.4, -0.2) is 53.0 Å². The first-order valence-electron chi connectivity index (χ1n) is 11.0. The van der Waals surface area contributed by atoms with E-state index >= 15 is 0 Å². The molecule has 1 amide bonds. The average Bonchev–Trinajstić information content (AvgIpc) is 2.83. The zero-order valence-corrected chi connectivity index (χ0v) is 20.7. The molecule has 7 nitrogen and oxygen atoms in total. The molecule has 0 aliphatic carbocycles. The summed E-state index contributed by atoms with van der Waals surface area (Å²) >= 11 is 0. The summed E-state index contributed by atoms with van der Waals surface area (Å²) in [5.74, 6) is -0.194. The molecule has 0 bridgehead atoms. The van der Waals surface area contributed by atoms with Crippen LogP contribution >= 0.6 is 0 Å². The molecule has 0 saturated heterocycles. The molecule has 3 rings (SSSR count). The van der Waals surface area contributed by atoms with Gasteiger partial charge in [-0.1, -0.05) is 48.0 Å². The molecule has 1 atom stereocenters. The first-order valence-corrected chi connectivity index (χ1v) is 12.4. The van der Waals surface area contributed by atoms with Gasteiger partial charge in [0.2, 0.25) is 0 Å². The molecule has 0 radical (unpaired) electrons. The number of likely N-dealkylation sites (N-methyl/N-ethyl adjacent to an activating group) is 1. The van der Waals surface area contributed by atoms with Crippen molar-refractivity contribution in [1.82, 2.24) is 10.2 Å². The van der Waals surface area contributed by atoms with E-state index in [4.69, 9.17) is 4.74 Å². The maximum absolute atomic E-state index is 13.1. The minimum Gasteiger partial charge on any atom is -0.495 e. The fraction of sp³-hybridized carbons (Fsp3) is 0.269. The summed E-state index contributed by atoms with van der Waals surface area (Å²) in [4.78, 5) is 14.9. The molecule has 0 aliphatic heterocycles. The van der Waals surface area contributed by atoms with E-state index in [2.05, 4.69) is 27.1 Å². The largest absolute Gasteiger partial charge is 0.495 e. The molecule has 3 aromatic rings. The number of nitrogens with zero attached hydrogens (tertiary/aromatic N) is 1. The molecule has 0 aromatic heterocycles. The second-order valence-corrected chi connectivity index (χ2v) is 10.0. The van der Waals surface area contributed by atoms with Crippen molar-refractivity contribution in [2.75, 3.05) is 32.5 Å². The van der Waals surface area contributed by atoms with E-state index in [1.54, 1.807) is 18.2 Å². The molecule has 2 N–H and O–H groups in total. The van der Waals surface area contributed by atoms with Gasteiger partial charge < -0.3 is 15.0 Å². The number of ether oxygens (including phenoxy) is 1. The summed E-state index contributed by atoms with van der Waals surface area (Å²) in [6.07, 6.45) is 0.775. The Kier molecular flexibility index (Phi) is 8.31. The van der Waals surface area contributed by atoms with Crippen molar-refractivity contribution in [3.63, 3.8) is 0 Å². The Labute approximate surface area is 201 Å². The lowest BCUT2D eigenvalue weighted by Gasteiger charge is -2.25. The van der Waals surface area contributed by atoms with Crippen molar-refractivity contribution < 1.29 is 17.9 Å². The van der Waals surface area contributed by atoms with Crippen LogP contribution in [0.1, 0.15) is 21.5 Å². The van der Waals surface area contributed by atoms with Crippen molar-refractivity contribution in [2.45, 2.75) is 24.3 Å². The molecule has 0 heterocycles. The van der Waals surface area contributed by atoms with Crippen LogP contribution < -0.4 is 14.8 Å². The molecule has 0 unspecified atom stereocenters. The number of anilines is 1. The molecule has 0 fully saturated rings. The molecule has 0 spiro atoms. The number of aryl methyl sites for hydroxylation is 1. The lowest BCUT2D eigenvalue weighted by atomic mass is 10.0. The number of methoxy groups -OCH3 is 1. The summed E-state index contributed by atoms with van der Waals surface area (Å²) in [5.41, 5.74) is 2.86. The Balaban J connectivity index is 1.77. The van der Waals surface area contributed by atoms with E-state index in [1.807, 2.05) is 51.4 Å². The molecule has 3 aromatic carbocycles. The lowest BCUT2D eigenvalue weighted by Crippen LogP contribution is -2.41. The topological polar surface area (TPSA) is 87.7 Å². The molecule has 34 heavy (non-hydrogen) atoms. The predicted molar refractivity (Wildman–Crippen MR) is 135 cm³/mol. The molecule has 0 saturated carbocycles. The maximum Gasteiger partial charge on any atom is 0.265 e. The SMILES string of the molecule is COc1ccc(C(=O)NC[C@@H](Cc2ccccc2)N(C)C)cc1S(=O)(=O)Nc1ccc(C)cc1. The fourth-order valence-electron chi connectivity index (χ4n) is 3.50. The van der Waals surface area contributed by atoms with Crippen molar-refractivity contribution in [3.8, 4) is 5.75 Å². The van der Waals surface area contributed by atoms with Crippen LogP contribution in [0.25, 0.3) is 0 Å². The van der Waals surface area contributed by atoms with Gasteiger partial charge in [-0.2, -0.15) is 0 Å². The molecular weight excluding hydrogens is 450 g/mol. The van der Waals surface area contributed by atoms with Crippen molar-refractivity contribution >= 4 is 21.6 Å². The molecule has 8 heteroatoms. The fourth-order valence-corrected chi connectivity index (χ4v) is 4.75. The van der Waals surface area contributed by atoms with E-state index in [0.29, 0.717) is 12.2 Å². The Morgan fingerprint density at radius 3 is 2.29 bits per heavy atom. The van der Waals surface area contributed by atoms with Crippen molar-refractivity contribution in [2.24, 2.45) is 0 Å². The van der Waals surface area contributed by atoms with Gasteiger partial charge in [-0.05, 0) is 63.3 Å². The van der Waals surface area contributed by atoms with Crippen LogP contribution in [0, 0.1) is 6.92 Å². The molecular formula is C26H31N3O4S.